The van der Waals surface area contributed by atoms with E-state index in [2.05, 4.69) is 59.6 Å². The number of pyridine rings is 1. The number of aryl methyl sites for hydroxylation is 1. The molecule has 0 bridgehead atoms. The van der Waals surface area contributed by atoms with Gasteiger partial charge in [0.15, 0.2) is 0 Å². The molecule has 5 rings (SSSR count). The van der Waals surface area contributed by atoms with Crippen molar-refractivity contribution in [2.24, 2.45) is 0 Å². The average Bonchev–Trinajstić information content (AvgIpc) is 3.32. The molecule has 0 saturated carbocycles. The van der Waals surface area contributed by atoms with Gasteiger partial charge >= 0.3 is 0 Å². The molecule has 5 aromatic rings. The lowest BCUT2D eigenvalue weighted by molar-refractivity contribution is 0.467. The number of hydrogen-bond acceptors (Lipinski definition) is 6. The highest BCUT2D eigenvalue weighted by molar-refractivity contribution is 7.98. The van der Waals surface area contributed by atoms with Gasteiger partial charge in [-0.05, 0) is 30.7 Å². The van der Waals surface area contributed by atoms with Crippen molar-refractivity contribution in [1.82, 2.24) is 15.2 Å². The smallest absolute Gasteiger partial charge is 0.277 e. The van der Waals surface area contributed by atoms with Gasteiger partial charge in [0, 0.05) is 16.5 Å². The molecule has 27 heavy (non-hydrogen) atoms. The average molecular weight is 390 g/mol. The Kier molecular flexibility index (Phi) is 4.14. The molecule has 0 amide bonds. The first-order valence-corrected chi connectivity index (χ1v) is 10.4. The van der Waals surface area contributed by atoms with Crippen molar-refractivity contribution in [3.63, 3.8) is 0 Å². The van der Waals surface area contributed by atoms with E-state index in [1.54, 1.807) is 23.1 Å². The molecule has 4 nitrogen and oxygen atoms in total. The van der Waals surface area contributed by atoms with Gasteiger partial charge in [-0.15, -0.1) is 21.5 Å². The first-order valence-electron chi connectivity index (χ1n) is 8.56. The van der Waals surface area contributed by atoms with Gasteiger partial charge in [-0.2, -0.15) is 0 Å². The molecular formula is C21H15N3OS2. The summed E-state index contributed by atoms with van der Waals surface area (Å²) in [6.07, 6.45) is 0. The second-order valence-electron chi connectivity index (χ2n) is 6.33. The van der Waals surface area contributed by atoms with Gasteiger partial charge in [-0.25, -0.2) is 4.98 Å². The summed E-state index contributed by atoms with van der Waals surface area (Å²) in [4.78, 5) is 6.67. The summed E-state index contributed by atoms with van der Waals surface area (Å²) in [5.41, 5.74) is 3.50. The zero-order chi connectivity index (χ0) is 18.2. The maximum absolute atomic E-state index is 5.87. The number of benzene rings is 2. The zero-order valence-corrected chi connectivity index (χ0v) is 16.2. The molecule has 0 atom stereocenters. The number of hydrogen-bond donors (Lipinski definition) is 0. The summed E-state index contributed by atoms with van der Waals surface area (Å²) < 4.78 is 5.87. The Morgan fingerprint density at radius 1 is 0.963 bits per heavy atom. The molecule has 0 aliphatic carbocycles. The fourth-order valence-corrected chi connectivity index (χ4v) is 4.54. The number of nitrogens with zero attached hydrogens (tertiary/aromatic N) is 3. The Morgan fingerprint density at radius 2 is 1.81 bits per heavy atom. The lowest BCUT2D eigenvalue weighted by Gasteiger charge is -1.98. The fraction of sp³-hybridized carbons (Fsp3) is 0.0952. The lowest BCUT2D eigenvalue weighted by Crippen LogP contribution is -1.81. The molecule has 0 aliphatic heterocycles. The molecule has 0 radical (unpaired) electrons. The van der Waals surface area contributed by atoms with Crippen LogP contribution in [0, 0.1) is 6.92 Å². The third-order valence-corrected chi connectivity index (χ3v) is 6.23. The summed E-state index contributed by atoms with van der Waals surface area (Å²) in [5, 5.41) is 11.2. The molecule has 0 saturated heterocycles. The molecule has 0 N–H and O–H groups in total. The molecule has 6 heteroatoms. The summed E-state index contributed by atoms with van der Waals surface area (Å²) in [6.45, 7) is 2.09. The van der Waals surface area contributed by atoms with E-state index in [0.717, 1.165) is 31.7 Å². The standard InChI is InChI=1S/C21H15N3OS2/c1-13-6-8-14(9-7-13)12-26-21-24-23-19(25-21)18-11-16-10-15-4-2-3-5-17(15)22-20(16)27-18/h2-11H,12H2,1H3. The third-order valence-electron chi connectivity index (χ3n) is 4.31. The van der Waals surface area contributed by atoms with Gasteiger partial charge in [-0.1, -0.05) is 59.8 Å². The Balaban J connectivity index is 1.40. The third kappa shape index (κ3) is 3.34. The van der Waals surface area contributed by atoms with Gasteiger partial charge in [0.05, 0.1) is 10.4 Å². The Bertz CT molecular complexity index is 1190. The molecule has 2 aromatic carbocycles. The highest BCUT2D eigenvalue weighted by Crippen LogP contribution is 2.34. The van der Waals surface area contributed by atoms with Crippen LogP contribution in [0.2, 0.25) is 0 Å². The maximum atomic E-state index is 5.87. The van der Waals surface area contributed by atoms with Gasteiger partial charge in [0.1, 0.15) is 4.83 Å². The van der Waals surface area contributed by atoms with Crippen molar-refractivity contribution in [1.29, 1.82) is 0 Å². The monoisotopic (exact) mass is 389 g/mol. The van der Waals surface area contributed by atoms with Crippen LogP contribution in [0.15, 0.2) is 70.3 Å². The predicted octanol–water partition coefficient (Wildman–Crippen LogP) is 6.10. The Hall–Kier alpha value is -2.70. The predicted molar refractivity (Wildman–Crippen MR) is 111 cm³/mol. The number of para-hydroxylation sites is 1. The van der Waals surface area contributed by atoms with Crippen molar-refractivity contribution in [2.75, 3.05) is 0 Å². The van der Waals surface area contributed by atoms with Crippen LogP contribution in [0.1, 0.15) is 11.1 Å². The van der Waals surface area contributed by atoms with Crippen LogP contribution >= 0.6 is 23.1 Å². The van der Waals surface area contributed by atoms with Crippen LogP contribution in [0.25, 0.3) is 31.9 Å². The van der Waals surface area contributed by atoms with Gasteiger partial charge in [-0.3, -0.25) is 0 Å². The van der Waals surface area contributed by atoms with E-state index >= 15 is 0 Å². The zero-order valence-electron chi connectivity index (χ0n) is 14.5. The number of thiophene rings is 1. The minimum Gasteiger partial charge on any atom is -0.410 e. The van der Waals surface area contributed by atoms with Crippen molar-refractivity contribution in [2.45, 2.75) is 17.9 Å². The summed E-state index contributed by atoms with van der Waals surface area (Å²) in [6, 6.07) is 20.8. The molecule has 0 spiro atoms. The molecule has 0 aliphatic rings. The van der Waals surface area contributed by atoms with Crippen LogP contribution in [0.3, 0.4) is 0 Å². The van der Waals surface area contributed by atoms with Gasteiger partial charge < -0.3 is 4.42 Å². The molecule has 3 aromatic heterocycles. The number of rotatable bonds is 4. The van der Waals surface area contributed by atoms with Crippen LogP contribution < -0.4 is 0 Å². The summed E-state index contributed by atoms with van der Waals surface area (Å²) in [5.74, 6) is 1.36. The SMILES string of the molecule is Cc1ccc(CSc2nnc(-c3cc4cc5ccccc5nc4s3)o2)cc1. The second kappa shape index (κ2) is 6.79. The van der Waals surface area contributed by atoms with Crippen LogP contribution in [0.5, 0.6) is 0 Å². The van der Waals surface area contributed by atoms with E-state index in [-0.39, 0.29) is 0 Å². The minimum atomic E-state index is 0.550. The van der Waals surface area contributed by atoms with E-state index in [1.165, 1.54) is 11.1 Å². The van der Waals surface area contributed by atoms with E-state index in [9.17, 15) is 0 Å². The second-order valence-corrected chi connectivity index (χ2v) is 8.29. The topological polar surface area (TPSA) is 51.8 Å². The first kappa shape index (κ1) is 16.5. The van der Waals surface area contributed by atoms with Crippen molar-refractivity contribution < 1.29 is 4.42 Å². The summed E-state index contributed by atoms with van der Waals surface area (Å²) in [7, 11) is 0. The molecule has 0 unspecified atom stereocenters. The molecule has 3 heterocycles. The molecule has 132 valence electrons. The first-order chi connectivity index (χ1) is 13.2. The van der Waals surface area contributed by atoms with E-state index in [0.29, 0.717) is 11.1 Å². The Morgan fingerprint density at radius 3 is 2.70 bits per heavy atom. The van der Waals surface area contributed by atoms with Crippen LogP contribution in [0.4, 0.5) is 0 Å². The largest absolute Gasteiger partial charge is 0.410 e. The quantitative estimate of drug-likeness (QED) is 0.348. The van der Waals surface area contributed by atoms with Crippen molar-refractivity contribution >= 4 is 44.2 Å². The normalized spacial score (nSPS) is 11.4. The maximum Gasteiger partial charge on any atom is 0.277 e. The highest BCUT2D eigenvalue weighted by Gasteiger charge is 2.13. The number of thioether (sulfide) groups is 1. The summed E-state index contributed by atoms with van der Waals surface area (Å²) >= 11 is 3.13. The number of aromatic nitrogens is 3. The van der Waals surface area contributed by atoms with Crippen molar-refractivity contribution in [3.8, 4) is 10.8 Å². The highest BCUT2D eigenvalue weighted by atomic mass is 32.2. The number of fused-ring (bicyclic) bond motifs is 2. The molecular weight excluding hydrogens is 374 g/mol. The van der Waals surface area contributed by atoms with E-state index < -0.39 is 0 Å². The fourth-order valence-electron chi connectivity index (χ4n) is 2.88. The Labute approximate surface area is 164 Å². The van der Waals surface area contributed by atoms with E-state index in [1.807, 2.05) is 18.2 Å². The van der Waals surface area contributed by atoms with Crippen LogP contribution in [-0.4, -0.2) is 15.2 Å². The van der Waals surface area contributed by atoms with E-state index in [4.69, 9.17) is 9.40 Å². The minimum absolute atomic E-state index is 0.550. The molecule has 0 fully saturated rings. The lowest BCUT2D eigenvalue weighted by atomic mass is 10.2. The van der Waals surface area contributed by atoms with Gasteiger partial charge in [0.25, 0.3) is 11.1 Å². The van der Waals surface area contributed by atoms with Crippen molar-refractivity contribution in [3.05, 3.63) is 71.8 Å². The van der Waals surface area contributed by atoms with Crippen LogP contribution in [-0.2, 0) is 5.75 Å². The van der Waals surface area contributed by atoms with Gasteiger partial charge in [0.2, 0.25) is 0 Å².